The quantitative estimate of drug-likeness (QED) is 0.827. The summed E-state index contributed by atoms with van der Waals surface area (Å²) in [7, 11) is -1.77. The first kappa shape index (κ1) is 13.7. The SMILES string of the molecule is Cn1ccnc1CNS(=O)(=O)c1ccccc1CN. The van der Waals surface area contributed by atoms with E-state index >= 15 is 0 Å². The van der Waals surface area contributed by atoms with Crippen LogP contribution in [0.2, 0.25) is 0 Å². The molecule has 0 aliphatic carbocycles. The van der Waals surface area contributed by atoms with Gasteiger partial charge in [-0.25, -0.2) is 18.1 Å². The fourth-order valence-corrected chi connectivity index (χ4v) is 2.97. The van der Waals surface area contributed by atoms with Crippen molar-refractivity contribution in [2.24, 2.45) is 12.8 Å². The van der Waals surface area contributed by atoms with Crippen molar-refractivity contribution >= 4 is 10.0 Å². The monoisotopic (exact) mass is 280 g/mol. The molecule has 0 spiro atoms. The summed E-state index contributed by atoms with van der Waals surface area (Å²) in [5.74, 6) is 0.647. The van der Waals surface area contributed by atoms with E-state index in [0.29, 0.717) is 11.4 Å². The van der Waals surface area contributed by atoms with E-state index in [1.165, 1.54) is 0 Å². The van der Waals surface area contributed by atoms with Crippen LogP contribution < -0.4 is 10.5 Å². The highest BCUT2D eigenvalue weighted by Gasteiger charge is 2.17. The van der Waals surface area contributed by atoms with Crippen LogP contribution >= 0.6 is 0 Å². The molecule has 0 bridgehead atoms. The first-order valence-corrected chi connectivity index (χ1v) is 7.27. The zero-order valence-corrected chi connectivity index (χ0v) is 11.4. The van der Waals surface area contributed by atoms with E-state index in [1.54, 1.807) is 41.2 Å². The van der Waals surface area contributed by atoms with Crippen molar-refractivity contribution in [2.45, 2.75) is 18.0 Å². The third-order valence-corrected chi connectivity index (χ3v) is 4.32. The summed E-state index contributed by atoms with van der Waals surface area (Å²) in [6, 6.07) is 6.69. The minimum atomic E-state index is -3.58. The van der Waals surface area contributed by atoms with Gasteiger partial charge in [-0.15, -0.1) is 0 Å². The molecule has 0 radical (unpaired) electrons. The van der Waals surface area contributed by atoms with Crippen LogP contribution in [-0.4, -0.2) is 18.0 Å². The van der Waals surface area contributed by atoms with E-state index in [4.69, 9.17) is 5.73 Å². The average Bonchev–Trinajstić information content (AvgIpc) is 2.82. The second kappa shape index (κ2) is 5.52. The third-order valence-electron chi connectivity index (χ3n) is 2.82. The van der Waals surface area contributed by atoms with E-state index < -0.39 is 10.0 Å². The van der Waals surface area contributed by atoms with Crippen LogP contribution in [0.5, 0.6) is 0 Å². The lowest BCUT2D eigenvalue weighted by Gasteiger charge is -2.10. The average molecular weight is 280 g/mol. The molecule has 0 fully saturated rings. The molecular formula is C12H16N4O2S. The van der Waals surface area contributed by atoms with Gasteiger partial charge in [-0.05, 0) is 11.6 Å². The van der Waals surface area contributed by atoms with Gasteiger partial charge in [0.2, 0.25) is 10.0 Å². The van der Waals surface area contributed by atoms with E-state index in [1.807, 2.05) is 7.05 Å². The number of nitrogens with two attached hydrogens (primary N) is 1. The lowest BCUT2D eigenvalue weighted by molar-refractivity contribution is 0.576. The van der Waals surface area contributed by atoms with Gasteiger partial charge < -0.3 is 10.3 Å². The molecule has 19 heavy (non-hydrogen) atoms. The van der Waals surface area contributed by atoms with Crippen LogP contribution in [0, 0.1) is 0 Å². The lowest BCUT2D eigenvalue weighted by atomic mass is 10.2. The highest BCUT2D eigenvalue weighted by atomic mass is 32.2. The molecule has 1 heterocycles. The third kappa shape index (κ3) is 3.01. The maximum Gasteiger partial charge on any atom is 0.241 e. The number of hydrogen-bond donors (Lipinski definition) is 2. The van der Waals surface area contributed by atoms with Crippen LogP contribution in [-0.2, 0) is 30.2 Å². The molecule has 7 heteroatoms. The number of nitrogens with one attached hydrogen (secondary N) is 1. The second-order valence-corrected chi connectivity index (χ2v) is 5.83. The van der Waals surface area contributed by atoms with Crippen LogP contribution in [0.25, 0.3) is 0 Å². The zero-order chi connectivity index (χ0) is 13.9. The summed E-state index contributed by atoms with van der Waals surface area (Å²) in [6.07, 6.45) is 3.38. The van der Waals surface area contributed by atoms with E-state index in [9.17, 15) is 8.42 Å². The summed E-state index contributed by atoms with van der Waals surface area (Å²) < 4.78 is 28.7. The maximum absolute atomic E-state index is 12.2. The molecular weight excluding hydrogens is 264 g/mol. The van der Waals surface area contributed by atoms with E-state index in [0.717, 1.165) is 0 Å². The van der Waals surface area contributed by atoms with Crippen LogP contribution in [0.15, 0.2) is 41.6 Å². The number of hydrogen-bond acceptors (Lipinski definition) is 4. The van der Waals surface area contributed by atoms with Crippen molar-refractivity contribution < 1.29 is 8.42 Å². The molecule has 102 valence electrons. The van der Waals surface area contributed by atoms with Gasteiger partial charge in [0.1, 0.15) is 5.82 Å². The molecule has 0 saturated heterocycles. The molecule has 0 amide bonds. The summed E-state index contributed by atoms with van der Waals surface area (Å²) >= 11 is 0. The highest BCUT2D eigenvalue weighted by Crippen LogP contribution is 2.14. The maximum atomic E-state index is 12.2. The summed E-state index contributed by atoms with van der Waals surface area (Å²) in [6.45, 7) is 0.324. The highest BCUT2D eigenvalue weighted by molar-refractivity contribution is 7.89. The van der Waals surface area contributed by atoms with Crippen LogP contribution in [0.4, 0.5) is 0 Å². The molecule has 0 saturated carbocycles. The molecule has 2 rings (SSSR count). The van der Waals surface area contributed by atoms with Crippen molar-refractivity contribution in [3.8, 4) is 0 Å². The van der Waals surface area contributed by atoms with Gasteiger partial charge in [0.15, 0.2) is 0 Å². The predicted octanol–water partition coefficient (Wildman–Crippen LogP) is 0.357. The molecule has 0 unspecified atom stereocenters. The smallest absolute Gasteiger partial charge is 0.241 e. The Morgan fingerprint density at radius 2 is 2.11 bits per heavy atom. The summed E-state index contributed by atoms with van der Waals surface area (Å²) in [5, 5.41) is 0. The minimum Gasteiger partial charge on any atom is -0.337 e. The first-order chi connectivity index (χ1) is 9.04. The molecule has 1 aromatic carbocycles. The fraction of sp³-hybridized carbons (Fsp3) is 0.250. The Morgan fingerprint density at radius 1 is 1.37 bits per heavy atom. The molecule has 1 aromatic heterocycles. The number of benzene rings is 1. The van der Waals surface area contributed by atoms with Gasteiger partial charge in [-0.1, -0.05) is 18.2 Å². The number of sulfonamides is 1. The molecule has 3 N–H and O–H groups in total. The standard InChI is InChI=1S/C12H16N4O2S/c1-16-7-6-14-12(16)9-15-19(17,18)11-5-3-2-4-10(11)8-13/h2-7,15H,8-9,13H2,1H3. The van der Waals surface area contributed by atoms with Gasteiger partial charge in [0, 0.05) is 26.0 Å². The molecule has 0 atom stereocenters. The Kier molecular flexibility index (Phi) is 3.98. The Hall–Kier alpha value is -1.70. The minimum absolute atomic E-state index is 0.144. The van der Waals surface area contributed by atoms with Gasteiger partial charge in [0.05, 0.1) is 11.4 Å². The number of rotatable bonds is 5. The Balaban J connectivity index is 2.21. The van der Waals surface area contributed by atoms with Gasteiger partial charge in [0.25, 0.3) is 0 Å². The second-order valence-electron chi connectivity index (χ2n) is 4.09. The van der Waals surface area contributed by atoms with Gasteiger partial charge in [-0.3, -0.25) is 0 Å². The topological polar surface area (TPSA) is 90.0 Å². The van der Waals surface area contributed by atoms with Crippen LogP contribution in [0.1, 0.15) is 11.4 Å². The Bertz CT molecular complexity index is 664. The molecule has 6 nitrogen and oxygen atoms in total. The van der Waals surface area contributed by atoms with Crippen molar-refractivity contribution in [3.63, 3.8) is 0 Å². The fourth-order valence-electron chi connectivity index (χ4n) is 1.74. The van der Waals surface area contributed by atoms with Crippen molar-refractivity contribution in [2.75, 3.05) is 0 Å². The Labute approximate surface area is 112 Å². The van der Waals surface area contributed by atoms with Crippen LogP contribution in [0.3, 0.4) is 0 Å². The number of aryl methyl sites for hydroxylation is 1. The molecule has 2 aromatic rings. The number of nitrogens with zero attached hydrogens (tertiary/aromatic N) is 2. The summed E-state index contributed by atoms with van der Waals surface area (Å²) in [5.41, 5.74) is 6.15. The Morgan fingerprint density at radius 3 is 2.74 bits per heavy atom. The van der Waals surface area contributed by atoms with Gasteiger partial charge in [-0.2, -0.15) is 0 Å². The number of imidazole rings is 1. The zero-order valence-electron chi connectivity index (χ0n) is 10.6. The van der Waals surface area contributed by atoms with E-state index in [-0.39, 0.29) is 18.0 Å². The number of aromatic nitrogens is 2. The predicted molar refractivity (Wildman–Crippen MR) is 71.6 cm³/mol. The summed E-state index contributed by atoms with van der Waals surface area (Å²) in [4.78, 5) is 4.28. The largest absolute Gasteiger partial charge is 0.337 e. The van der Waals surface area contributed by atoms with Gasteiger partial charge >= 0.3 is 0 Å². The van der Waals surface area contributed by atoms with Crippen molar-refractivity contribution in [1.29, 1.82) is 0 Å². The molecule has 0 aliphatic heterocycles. The first-order valence-electron chi connectivity index (χ1n) is 5.78. The van der Waals surface area contributed by atoms with Crippen molar-refractivity contribution in [1.82, 2.24) is 14.3 Å². The van der Waals surface area contributed by atoms with E-state index in [2.05, 4.69) is 9.71 Å². The normalized spacial score (nSPS) is 11.7. The lowest BCUT2D eigenvalue weighted by Crippen LogP contribution is -2.26. The molecule has 0 aliphatic rings. The van der Waals surface area contributed by atoms with Crippen molar-refractivity contribution in [3.05, 3.63) is 48.0 Å².